The Balaban J connectivity index is 2.15. The standard InChI is InChI=1S/C15H21N5/c1-19(10-12-9-18-20(2)11-12)14(8-15(16)17)13-6-4-3-5-7-13/h3-7,9,11,14H,8,10H2,1-2H3,(H3,16,17). The summed E-state index contributed by atoms with van der Waals surface area (Å²) in [6.45, 7) is 0.778. The molecule has 20 heavy (non-hydrogen) atoms. The number of benzene rings is 1. The molecule has 0 aliphatic rings. The fraction of sp³-hybridized carbons (Fsp3) is 0.333. The lowest BCUT2D eigenvalue weighted by Gasteiger charge is -2.27. The van der Waals surface area contributed by atoms with E-state index in [1.165, 1.54) is 5.56 Å². The van der Waals surface area contributed by atoms with E-state index in [-0.39, 0.29) is 11.9 Å². The fourth-order valence-electron chi connectivity index (χ4n) is 2.36. The highest BCUT2D eigenvalue weighted by Crippen LogP contribution is 2.24. The SMILES string of the molecule is CN(Cc1cnn(C)c1)C(CC(=N)N)c1ccccc1. The van der Waals surface area contributed by atoms with Gasteiger partial charge in [-0.2, -0.15) is 5.10 Å². The lowest BCUT2D eigenvalue weighted by Crippen LogP contribution is -2.28. The van der Waals surface area contributed by atoms with Crippen LogP contribution in [0.3, 0.4) is 0 Å². The van der Waals surface area contributed by atoms with E-state index in [0.29, 0.717) is 6.42 Å². The molecule has 0 spiro atoms. The molecule has 0 saturated carbocycles. The molecule has 1 aromatic heterocycles. The van der Waals surface area contributed by atoms with Crippen LogP contribution >= 0.6 is 0 Å². The van der Waals surface area contributed by atoms with Crippen LogP contribution in [0.15, 0.2) is 42.7 Å². The zero-order valence-electron chi connectivity index (χ0n) is 12.0. The van der Waals surface area contributed by atoms with Crippen molar-refractivity contribution in [1.82, 2.24) is 14.7 Å². The van der Waals surface area contributed by atoms with Crippen molar-refractivity contribution in [1.29, 1.82) is 5.41 Å². The van der Waals surface area contributed by atoms with E-state index in [9.17, 15) is 0 Å². The van der Waals surface area contributed by atoms with Gasteiger partial charge in [0.2, 0.25) is 0 Å². The van der Waals surface area contributed by atoms with Gasteiger partial charge in [0.05, 0.1) is 12.0 Å². The minimum absolute atomic E-state index is 0.105. The lowest BCUT2D eigenvalue weighted by atomic mass is 10.0. The molecule has 0 bridgehead atoms. The molecule has 2 aromatic rings. The first-order valence-electron chi connectivity index (χ1n) is 6.62. The van der Waals surface area contributed by atoms with E-state index in [1.807, 2.05) is 44.7 Å². The van der Waals surface area contributed by atoms with Gasteiger partial charge in [-0.25, -0.2) is 0 Å². The molecule has 1 heterocycles. The summed E-state index contributed by atoms with van der Waals surface area (Å²) in [6.07, 6.45) is 4.40. The summed E-state index contributed by atoms with van der Waals surface area (Å²) < 4.78 is 1.80. The quantitative estimate of drug-likeness (QED) is 0.623. The van der Waals surface area contributed by atoms with Crippen LogP contribution in [0.5, 0.6) is 0 Å². The molecule has 0 saturated heterocycles. The highest BCUT2D eigenvalue weighted by molar-refractivity contribution is 5.77. The topological polar surface area (TPSA) is 70.9 Å². The van der Waals surface area contributed by atoms with Crippen LogP contribution in [0, 0.1) is 5.41 Å². The maximum Gasteiger partial charge on any atom is 0.0924 e. The van der Waals surface area contributed by atoms with Crippen molar-refractivity contribution in [2.75, 3.05) is 7.05 Å². The first-order chi connectivity index (χ1) is 9.56. The second-order valence-electron chi connectivity index (χ2n) is 5.09. The number of nitrogens with zero attached hydrogens (tertiary/aromatic N) is 3. The van der Waals surface area contributed by atoms with Crippen molar-refractivity contribution in [3.8, 4) is 0 Å². The van der Waals surface area contributed by atoms with Gasteiger partial charge in [0.15, 0.2) is 0 Å². The number of hydrogen-bond donors (Lipinski definition) is 2. The van der Waals surface area contributed by atoms with Gasteiger partial charge in [-0.15, -0.1) is 0 Å². The molecule has 1 aromatic carbocycles. The molecule has 3 N–H and O–H groups in total. The Morgan fingerprint density at radius 3 is 2.65 bits per heavy atom. The molecular weight excluding hydrogens is 250 g/mol. The van der Waals surface area contributed by atoms with Gasteiger partial charge in [0, 0.05) is 37.8 Å². The molecule has 5 nitrogen and oxygen atoms in total. The molecule has 0 amide bonds. The predicted molar refractivity (Wildman–Crippen MR) is 80.4 cm³/mol. The largest absolute Gasteiger partial charge is 0.388 e. The Hall–Kier alpha value is -2.14. The monoisotopic (exact) mass is 271 g/mol. The fourth-order valence-corrected chi connectivity index (χ4v) is 2.36. The number of rotatable bonds is 6. The first kappa shape index (κ1) is 14.3. The average molecular weight is 271 g/mol. The minimum atomic E-state index is 0.105. The number of aryl methyl sites for hydroxylation is 1. The summed E-state index contributed by atoms with van der Waals surface area (Å²) in [6, 6.07) is 10.3. The van der Waals surface area contributed by atoms with E-state index < -0.39 is 0 Å². The Morgan fingerprint density at radius 2 is 2.10 bits per heavy atom. The second-order valence-corrected chi connectivity index (χ2v) is 5.09. The highest BCUT2D eigenvalue weighted by Gasteiger charge is 2.18. The maximum atomic E-state index is 7.59. The third kappa shape index (κ3) is 3.68. The average Bonchev–Trinajstić information content (AvgIpc) is 2.82. The molecule has 1 unspecified atom stereocenters. The van der Waals surface area contributed by atoms with E-state index in [0.717, 1.165) is 12.1 Å². The summed E-state index contributed by atoms with van der Waals surface area (Å²) in [7, 11) is 3.96. The summed E-state index contributed by atoms with van der Waals surface area (Å²) in [4.78, 5) is 2.20. The van der Waals surface area contributed by atoms with Crippen LogP contribution in [0.4, 0.5) is 0 Å². The van der Waals surface area contributed by atoms with Gasteiger partial charge in [-0.1, -0.05) is 30.3 Å². The summed E-state index contributed by atoms with van der Waals surface area (Å²) in [5, 5.41) is 11.8. The van der Waals surface area contributed by atoms with Crippen molar-refractivity contribution >= 4 is 5.84 Å². The van der Waals surface area contributed by atoms with Crippen LogP contribution in [0.1, 0.15) is 23.6 Å². The summed E-state index contributed by atoms with van der Waals surface area (Å²) in [5.41, 5.74) is 7.93. The van der Waals surface area contributed by atoms with Gasteiger partial charge in [-0.3, -0.25) is 15.0 Å². The number of hydrogen-bond acceptors (Lipinski definition) is 3. The summed E-state index contributed by atoms with van der Waals surface area (Å²) in [5.74, 6) is 0.205. The van der Waals surface area contributed by atoms with Crippen molar-refractivity contribution in [3.05, 3.63) is 53.9 Å². The first-order valence-corrected chi connectivity index (χ1v) is 6.62. The van der Waals surface area contributed by atoms with Gasteiger partial charge in [0.1, 0.15) is 0 Å². The van der Waals surface area contributed by atoms with Crippen LogP contribution in [0.25, 0.3) is 0 Å². The molecule has 106 valence electrons. The molecule has 0 radical (unpaired) electrons. The molecular formula is C15H21N5. The Labute approximate surface area is 119 Å². The van der Waals surface area contributed by atoms with Crippen molar-refractivity contribution in [2.24, 2.45) is 12.8 Å². The Morgan fingerprint density at radius 1 is 1.40 bits per heavy atom. The molecule has 0 fully saturated rings. The third-order valence-corrected chi connectivity index (χ3v) is 3.32. The lowest BCUT2D eigenvalue weighted by molar-refractivity contribution is 0.241. The van der Waals surface area contributed by atoms with Crippen LogP contribution in [-0.2, 0) is 13.6 Å². The van der Waals surface area contributed by atoms with Crippen molar-refractivity contribution < 1.29 is 0 Å². The smallest absolute Gasteiger partial charge is 0.0924 e. The number of nitrogens with two attached hydrogens (primary N) is 1. The number of amidine groups is 1. The van der Waals surface area contributed by atoms with Crippen molar-refractivity contribution in [2.45, 2.75) is 19.0 Å². The normalized spacial score (nSPS) is 12.6. The van der Waals surface area contributed by atoms with Crippen LogP contribution in [0.2, 0.25) is 0 Å². The van der Waals surface area contributed by atoms with Gasteiger partial charge in [-0.05, 0) is 12.6 Å². The molecule has 0 aliphatic heterocycles. The van der Waals surface area contributed by atoms with Gasteiger partial charge in [0.25, 0.3) is 0 Å². The Kier molecular flexibility index (Phi) is 4.53. The molecule has 1 atom stereocenters. The van der Waals surface area contributed by atoms with E-state index >= 15 is 0 Å². The van der Waals surface area contributed by atoms with Crippen LogP contribution in [-0.4, -0.2) is 27.6 Å². The van der Waals surface area contributed by atoms with Gasteiger partial charge >= 0.3 is 0 Å². The minimum Gasteiger partial charge on any atom is -0.388 e. The summed E-state index contributed by atoms with van der Waals surface area (Å²) >= 11 is 0. The number of aromatic nitrogens is 2. The third-order valence-electron chi connectivity index (χ3n) is 3.32. The van der Waals surface area contributed by atoms with E-state index in [4.69, 9.17) is 11.1 Å². The second kappa shape index (κ2) is 6.34. The maximum absolute atomic E-state index is 7.59. The Bertz CT molecular complexity index is 561. The highest BCUT2D eigenvalue weighted by atomic mass is 15.2. The van der Waals surface area contributed by atoms with Gasteiger partial charge < -0.3 is 5.73 Å². The van der Waals surface area contributed by atoms with Crippen molar-refractivity contribution in [3.63, 3.8) is 0 Å². The molecule has 5 heteroatoms. The van der Waals surface area contributed by atoms with Crippen LogP contribution < -0.4 is 5.73 Å². The zero-order chi connectivity index (χ0) is 14.5. The number of nitrogens with one attached hydrogen (secondary N) is 1. The zero-order valence-corrected chi connectivity index (χ0v) is 12.0. The van der Waals surface area contributed by atoms with E-state index in [2.05, 4.69) is 22.1 Å². The molecule has 0 aliphatic carbocycles. The van der Waals surface area contributed by atoms with E-state index in [1.54, 1.807) is 4.68 Å². The molecule has 2 rings (SSSR count). The predicted octanol–water partition coefficient (Wildman–Crippen LogP) is 1.92.